The lowest BCUT2D eigenvalue weighted by molar-refractivity contribution is -0.118. The second-order valence-electron chi connectivity index (χ2n) is 4.35. The third kappa shape index (κ3) is 4.97. The first-order chi connectivity index (χ1) is 11.1. The molecule has 0 aliphatic carbocycles. The Bertz CT molecular complexity index is 712. The van der Waals surface area contributed by atoms with Gasteiger partial charge >= 0.3 is 6.61 Å². The maximum absolute atomic E-state index is 12.3. The van der Waals surface area contributed by atoms with Crippen LogP contribution in [0.4, 0.5) is 14.5 Å². The zero-order valence-corrected chi connectivity index (χ0v) is 11.8. The summed E-state index contributed by atoms with van der Waals surface area (Å²) < 4.78 is 34.1. The van der Waals surface area contributed by atoms with Crippen LogP contribution in [0.1, 0.15) is 5.56 Å². The Morgan fingerprint density at radius 2 is 1.87 bits per heavy atom. The van der Waals surface area contributed by atoms with Gasteiger partial charge in [0.05, 0.1) is 17.3 Å². The summed E-state index contributed by atoms with van der Waals surface area (Å²) in [4.78, 5) is 11.8. The van der Waals surface area contributed by atoms with Crippen molar-refractivity contribution in [3.05, 3.63) is 54.1 Å². The van der Waals surface area contributed by atoms with Crippen LogP contribution in [0.15, 0.2) is 48.5 Å². The van der Waals surface area contributed by atoms with Crippen molar-refractivity contribution in [1.82, 2.24) is 0 Å². The molecule has 0 saturated heterocycles. The topological polar surface area (TPSA) is 71.3 Å². The van der Waals surface area contributed by atoms with Gasteiger partial charge in [-0.1, -0.05) is 12.1 Å². The number of hydrogen-bond donors (Lipinski definition) is 1. The first-order valence-electron chi connectivity index (χ1n) is 6.55. The van der Waals surface area contributed by atoms with Gasteiger partial charge in [-0.3, -0.25) is 4.79 Å². The van der Waals surface area contributed by atoms with E-state index in [-0.39, 0.29) is 18.0 Å². The predicted octanol–water partition coefficient (Wildman–Crippen LogP) is 3.18. The summed E-state index contributed by atoms with van der Waals surface area (Å²) in [6.07, 6.45) is 0. The quantitative estimate of drug-likeness (QED) is 0.888. The lowest BCUT2D eigenvalue weighted by Gasteiger charge is -2.12. The summed E-state index contributed by atoms with van der Waals surface area (Å²) in [5, 5.41) is 11.1. The van der Waals surface area contributed by atoms with Crippen molar-refractivity contribution < 1.29 is 23.0 Å². The summed E-state index contributed by atoms with van der Waals surface area (Å²) >= 11 is 0. The Morgan fingerprint density at radius 1 is 1.17 bits per heavy atom. The molecule has 0 saturated carbocycles. The van der Waals surface area contributed by atoms with Crippen LogP contribution in [-0.2, 0) is 4.79 Å². The molecule has 1 amide bonds. The monoisotopic (exact) mass is 318 g/mol. The molecule has 0 atom stereocenters. The summed E-state index contributed by atoms with van der Waals surface area (Å²) in [7, 11) is 0. The maximum Gasteiger partial charge on any atom is 0.387 e. The molecule has 0 heterocycles. The van der Waals surface area contributed by atoms with Gasteiger partial charge in [0, 0.05) is 0 Å². The highest BCUT2D eigenvalue weighted by Gasteiger charge is 2.11. The van der Waals surface area contributed by atoms with Crippen molar-refractivity contribution in [3.8, 4) is 17.6 Å². The fraction of sp³-hybridized carbons (Fsp3) is 0.125. The van der Waals surface area contributed by atoms with Gasteiger partial charge in [0.1, 0.15) is 11.5 Å². The van der Waals surface area contributed by atoms with Crippen LogP contribution >= 0.6 is 0 Å². The Balaban J connectivity index is 1.93. The third-order valence-corrected chi connectivity index (χ3v) is 2.73. The molecule has 23 heavy (non-hydrogen) atoms. The van der Waals surface area contributed by atoms with Crippen LogP contribution in [0.3, 0.4) is 0 Å². The van der Waals surface area contributed by atoms with Gasteiger partial charge in [0.25, 0.3) is 5.91 Å². The van der Waals surface area contributed by atoms with Crippen LogP contribution < -0.4 is 14.8 Å². The lowest BCUT2D eigenvalue weighted by atomic mass is 10.2. The largest absolute Gasteiger partial charge is 0.484 e. The first-order valence-corrected chi connectivity index (χ1v) is 6.55. The number of benzene rings is 2. The highest BCUT2D eigenvalue weighted by atomic mass is 19.3. The van der Waals surface area contributed by atoms with Gasteiger partial charge < -0.3 is 14.8 Å². The summed E-state index contributed by atoms with van der Waals surface area (Å²) in [5.74, 6) is -0.245. The normalized spacial score (nSPS) is 10.0. The summed E-state index contributed by atoms with van der Waals surface area (Å²) in [6.45, 7) is -3.29. The van der Waals surface area contributed by atoms with E-state index in [1.165, 1.54) is 18.2 Å². The minimum absolute atomic E-state index is 0.126. The molecular formula is C16H12F2N2O3. The number of rotatable bonds is 6. The number of hydrogen-bond acceptors (Lipinski definition) is 4. The van der Waals surface area contributed by atoms with Crippen molar-refractivity contribution in [2.75, 3.05) is 11.9 Å². The Morgan fingerprint density at radius 3 is 2.52 bits per heavy atom. The lowest BCUT2D eigenvalue weighted by Crippen LogP contribution is -2.20. The number of anilines is 1. The van der Waals surface area contributed by atoms with Gasteiger partial charge in [-0.15, -0.1) is 0 Å². The minimum atomic E-state index is -2.98. The molecule has 118 valence electrons. The van der Waals surface area contributed by atoms with E-state index in [4.69, 9.17) is 10.00 Å². The van der Waals surface area contributed by atoms with Gasteiger partial charge in [0.2, 0.25) is 0 Å². The molecule has 0 fully saturated rings. The number of alkyl halides is 2. The number of carbonyl (C=O) groups is 1. The molecule has 0 bridgehead atoms. The minimum Gasteiger partial charge on any atom is -0.484 e. The van der Waals surface area contributed by atoms with E-state index in [0.29, 0.717) is 11.3 Å². The fourth-order valence-electron chi connectivity index (χ4n) is 1.73. The molecule has 0 spiro atoms. The molecule has 7 heteroatoms. The number of amides is 1. The van der Waals surface area contributed by atoms with Crippen LogP contribution in [0, 0.1) is 11.3 Å². The zero-order valence-electron chi connectivity index (χ0n) is 11.8. The molecule has 0 radical (unpaired) electrons. The third-order valence-electron chi connectivity index (χ3n) is 2.73. The molecule has 0 aliphatic rings. The molecule has 0 unspecified atom stereocenters. The first kappa shape index (κ1) is 16.2. The molecule has 0 aliphatic heterocycles. The molecule has 0 aromatic heterocycles. The number of para-hydroxylation sites is 2. The second-order valence-corrected chi connectivity index (χ2v) is 4.35. The second kappa shape index (κ2) is 7.75. The number of nitrogens with zero attached hydrogens (tertiary/aromatic N) is 1. The van der Waals surface area contributed by atoms with Crippen LogP contribution in [0.25, 0.3) is 0 Å². The Kier molecular flexibility index (Phi) is 5.47. The highest BCUT2D eigenvalue weighted by Crippen LogP contribution is 2.25. The molecule has 2 aromatic rings. The fourth-order valence-corrected chi connectivity index (χ4v) is 1.73. The van der Waals surface area contributed by atoms with E-state index < -0.39 is 12.5 Å². The standard InChI is InChI=1S/C16H12F2N2O3/c17-16(18)23-14-4-2-1-3-13(14)20-15(21)10-22-12-7-5-11(9-19)6-8-12/h1-8,16H,10H2,(H,20,21). The smallest absolute Gasteiger partial charge is 0.387 e. The van der Waals surface area contributed by atoms with Crippen molar-refractivity contribution >= 4 is 11.6 Å². The average Bonchev–Trinajstić information content (AvgIpc) is 2.55. The van der Waals surface area contributed by atoms with Crippen molar-refractivity contribution in [2.45, 2.75) is 6.61 Å². The SMILES string of the molecule is N#Cc1ccc(OCC(=O)Nc2ccccc2OC(F)F)cc1. The van der Waals surface area contributed by atoms with Crippen molar-refractivity contribution in [3.63, 3.8) is 0 Å². The van der Waals surface area contributed by atoms with E-state index in [1.54, 1.807) is 30.3 Å². The maximum atomic E-state index is 12.3. The van der Waals surface area contributed by atoms with Gasteiger partial charge in [-0.2, -0.15) is 14.0 Å². The molecule has 2 aromatic carbocycles. The summed E-state index contributed by atoms with van der Waals surface area (Å²) in [6, 6.07) is 14.0. The van der Waals surface area contributed by atoms with E-state index in [1.807, 2.05) is 6.07 Å². The van der Waals surface area contributed by atoms with Gasteiger partial charge in [0.15, 0.2) is 6.61 Å². The van der Waals surface area contributed by atoms with E-state index in [9.17, 15) is 13.6 Å². The van der Waals surface area contributed by atoms with E-state index in [2.05, 4.69) is 10.1 Å². The number of carbonyl (C=O) groups excluding carboxylic acids is 1. The van der Waals surface area contributed by atoms with E-state index in [0.717, 1.165) is 0 Å². The van der Waals surface area contributed by atoms with E-state index >= 15 is 0 Å². The Hall–Kier alpha value is -3.14. The molecule has 2 rings (SSSR count). The summed E-state index contributed by atoms with van der Waals surface area (Å²) in [5.41, 5.74) is 0.598. The average molecular weight is 318 g/mol. The molecule has 1 N–H and O–H groups in total. The van der Waals surface area contributed by atoms with Crippen molar-refractivity contribution in [2.24, 2.45) is 0 Å². The Labute approximate surface area is 131 Å². The number of nitrogens with one attached hydrogen (secondary N) is 1. The predicted molar refractivity (Wildman–Crippen MR) is 78.4 cm³/mol. The molecular weight excluding hydrogens is 306 g/mol. The highest BCUT2D eigenvalue weighted by molar-refractivity contribution is 5.93. The number of nitriles is 1. The van der Waals surface area contributed by atoms with Crippen LogP contribution in [0.5, 0.6) is 11.5 Å². The zero-order chi connectivity index (χ0) is 16.7. The van der Waals surface area contributed by atoms with Crippen molar-refractivity contribution in [1.29, 1.82) is 5.26 Å². The van der Waals surface area contributed by atoms with Gasteiger partial charge in [-0.25, -0.2) is 0 Å². The van der Waals surface area contributed by atoms with Gasteiger partial charge in [-0.05, 0) is 36.4 Å². The van der Waals surface area contributed by atoms with Crippen LogP contribution in [-0.4, -0.2) is 19.1 Å². The number of halogens is 2. The van der Waals surface area contributed by atoms with Crippen LogP contribution in [0.2, 0.25) is 0 Å². The molecule has 5 nitrogen and oxygen atoms in total. The number of ether oxygens (including phenoxy) is 2.